The van der Waals surface area contributed by atoms with Gasteiger partial charge in [0.2, 0.25) is 10.0 Å². The van der Waals surface area contributed by atoms with Crippen molar-refractivity contribution < 1.29 is 8.42 Å². The Hall–Kier alpha value is -2.59. The number of anilines is 1. The topological polar surface area (TPSA) is 96.6 Å². The van der Waals surface area contributed by atoms with Crippen LogP contribution in [0.15, 0.2) is 41.3 Å². The van der Waals surface area contributed by atoms with Gasteiger partial charge in [-0.2, -0.15) is 4.31 Å². The van der Waals surface area contributed by atoms with E-state index in [1.807, 2.05) is 23.1 Å². The summed E-state index contributed by atoms with van der Waals surface area (Å²) in [5.41, 5.74) is 1.73. The first-order valence-electron chi connectivity index (χ1n) is 8.97. The van der Waals surface area contributed by atoms with Gasteiger partial charge in [-0.25, -0.2) is 8.42 Å². The van der Waals surface area contributed by atoms with E-state index in [2.05, 4.69) is 27.5 Å². The molecule has 0 spiro atoms. The molecule has 1 aliphatic rings. The van der Waals surface area contributed by atoms with Gasteiger partial charge in [-0.05, 0) is 46.7 Å². The Morgan fingerprint density at radius 1 is 1.00 bits per heavy atom. The normalized spacial score (nSPS) is 16.1. The lowest BCUT2D eigenvalue weighted by Gasteiger charge is -2.34. The third kappa shape index (κ3) is 3.50. The van der Waals surface area contributed by atoms with Crippen molar-refractivity contribution in [3.8, 4) is 0 Å². The van der Waals surface area contributed by atoms with Crippen LogP contribution in [0.4, 0.5) is 5.82 Å². The van der Waals surface area contributed by atoms with E-state index in [0.29, 0.717) is 36.7 Å². The van der Waals surface area contributed by atoms with Crippen LogP contribution >= 0.6 is 0 Å². The van der Waals surface area contributed by atoms with E-state index in [4.69, 9.17) is 0 Å². The van der Waals surface area contributed by atoms with Gasteiger partial charge in [-0.3, -0.25) is 0 Å². The molecule has 0 atom stereocenters. The van der Waals surface area contributed by atoms with Gasteiger partial charge in [-0.1, -0.05) is 25.5 Å². The maximum atomic E-state index is 12.9. The molecule has 27 heavy (non-hydrogen) atoms. The molecule has 2 aromatic heterocycles. The number of aryl methyl sites for hydroxylation is 1. The highest BCUT2D eigenvalue weighted by Crippen LogP contribution is 2.21. The predicted octanol–water partition coefficient (Wildman–Crippen LogP) is 0.983. The Balaban J connectivity index is 1.46. The highest BCUT2D eigenvalue weighted by molar-refractivity contribution is 7.89. The molecule has 0 N–H and O–H groups in total. The largest absolute Gasteiger partial charge is 0.352 e. The fraction of sp³-hybridized carbons (Fsp3) is 0.412. The second-order valence-corrected chi connectivity index (χ2v) is 8.44. The van der Waals surface area contributed by atoms with Gasteiger partial charge in [-0.15, -0.1) is 14.8 Å². The fourth-order valence-electron chi connectivity index (χ4n) is 3.23. The molecule has 1 aliphatic heterocycles. The van der Waals surface area contributed by atoms with Crippen LogP contribution in [-0.2, 0) is 16.4 Å². The molecule has 0 amide bonds. The minimum absolute atomic E-state index is 0.351. The molecule has 1 aromatic carbocycles. The van der Waals surface area contributed by atoms with Gasteiger partial charge < -0.3 is 4.90 Å². The maximum absolute atomic E-state index is 12.9. The van der Waals surface area contributed by atoms with Crippen molar-refractivity contribution in [1.82, 2.24) is 29.6 Å². The van der Waals surface area contributed by atoms with Crippen molar-refractivity contribution >= 4 is 21.5 Å². The van der Waals surface area contributed by atoms with Crippen LogP contribution in [0.25, 0.3) is 5.65 Å². The first-order chi connectivity index (χ1) is 13.1. The number of rotatable bonds is 5. The van der Waals surface area contributed by atoms with Crippen LogP contribution in [0.5, 0.6) is 0 Å². The molecule has 10 heteroatoms. The van der Waals surface area contributed by atoms with E-state index in [-0.39, 0.29) is 0 Å². The highest BCUT2D eigenvalue weighted by Gasteiger charge is 2.29. The van der Waals surface area contributed by atoms with E-state index < -0.39 is 10.0 Å². The van der Waals surface area contributed by atoms with Gasteiger partial charge in [0, 0.05) is 26.2 Å². The maximum Gasteiger partial charge on any atom is 0.243 e. The Bertz CT molecular complexity index is 1020. The zero-order valence-corrected chi connectivity index (χ0v) is 15.9. The molecule has 1 saturated heterocycles. The number of benzene rings is 1. The number of piperazine rings is 1. The lowest BCUT2D eigenvalue weighted by molar-refractivity contribution is 0.383. The SMILES string of the molecule is CCCc1ccc(S(=O)(=O)N2CCN(c3ccc4nnnn4n3)CC2)cc1. The van der Waals surface area contributed by atoms with Gasteiger partial charge in [0.05, 0.1) is 4.90 Å². The number of hydrogen-bond donors (Lipinski definition) is 0. The summed E-state index contributed by atoms with van der Waals surface area (Å²) in [5, 5.41) is 15.6. The number of hydrogen-bond acceptors (Lipinski definition) is 7. The number of fused-ring (bicyclic) bond motifs is 1. The smallest absolute Gasteiger partial charge is 0.243 e. The average Bonchev–Trinajstić information content (AvgIpc) is 3.17. The number of aromatic nitrogens is 5. The van der Waals surface area contributed by atoms with Crippen molar-refractivity contribution in [2.45, 2.75) is 24.7 Å². The van der Waals surface area contributed by atoms with Crippen LogP contribution in [0, 0.1) is 0 Å². The monoisotopic (exact) mass is 387 g/mol. The van der Waals surface area contributed by atoms with Gasteiger partial charge in [0.1, 0.15) is 0 Å². The van der Waals surface area contributed by atoms with Crippen molar-refractivity contribution in [2.24, 2.45) is 0 Å². The number of sulfonamides is 1. The van der Waals surface area contributed by atoms with Crippen molar-refractivity contribution in [2.75, 3.05) is 31.1 Å². The Labute approximate surface area is 157 Å². The lowest BCUT2D eigenvalue weighted by atomic mass is 10.1. The molecule has 3 heterocycles. The zero-order chi connectivity index (χ0) is 18.9. The van der Waals surface area contributed by atoms with Gasteiger partial charge in [0.25, 0.3) is 0 Å². The quantitative estimate of drug-likeness (QED) is 0.644. The zero-order valence-electron chi connectivity index (χ0n) is 15.1. The molecule has 9 nitrogen and oxygen atoms in total. The van der Waals surface area contributed by atoms with E-state index in [0.717, 1.165) is 24.2 Å². The van der Waals surface area contributed by atoms with Crippen LogP contribution in [0.2, 0.25) is 0 Å². The summed E-state index contributed by atoms with van der Waals surface area (Å²) in [6, 6.07) is 10.9. The second-order valence-electron chi connectivity index (χ2n) is 6.50. The Morgan fingerprint density at radius 2 is 1.74 bits per heavy atom. The summed E-state index contributed by atoms with van der Waals surface area (Å²) in [4.78, 5) is 2.39. The van der Waals surface area contributed by atoms with Gasteiger partial charge >= 0.3 is 0 Å². The third-order valence-corrected chi connectivity index (χ3v) is 6.63. The summed E-state index contributed by atoms with van der Waals surface area (Å²) in [5.74, 6) is 0.732. The summed E-state index contributed by atoms with van der Waals surface area (Å²) >= 11 is 0. The molecule has 0 aliphatic carbocycles. The number of nitrogens with zero attached hydrogens (tertiary/aromatic N) is 7. The first-order valence-corrected chi connectivity index (χ1v) is 10.4. The number of tetrazole rings is 1. The van der Waals surface area contributed by atoms with Gasteiger partial charge in [0.15, 0.2) is 11.5 Å². The molecule has 4 rings (SSSR count). The summed E-state index contributed by atoms with van der Waals surface area (Å²) in [6.07, 6.45) is 2.00. The second kappa shape index (κ2) is 7.20. The molecule has 3 aromatic rings. The average molecular weight is 387 g/mol. The molecule has 0 unspecified atom stereocenters. The Morgan fingerprint density at radius 3 is 2.44 bits per heavy atom. The molecule has 1 fully saturated rings. The molecular weight excluding hydrogens is 366 g/mol. The first kappa shape index (κ1) is 17.8. The fourth-order valence-corrected chi connectivity index (χ4v) is 4.65. The summed E-state index contributed by atoms with van der Waals surface area (Å²) in [6.45, 7) is 4.06. The minimum atomic E-state index is -3.48. The molecular formula is C17H21N7O2S. The van der Waals surface area contributed by atoms with Crippen molar-refractivity contribution in [1.29, 1.82) is 0 Å². The standard InChI is InChI=1S/C17H21N7O2S/c1-2-3-14-4-6-15(7-5-14)27(25,26)23-12-10-22(11-13-23)17-9-8-16-18-20-21-24(16)19-17/h4-9H,2-3,10-13H2,1H3. The molecule has 0 bridgehead atoms. The molecule has 0 saturated carbocycles. The van der Waals surface area contributed by atoms with E-state index in [9.17, 15) is 8.42 Å². The van der Waals surface area contributed by atoms with Crippen molar-refractivity contribution in [3.63, 3.8) is 0 Å². The predicted molar refractivity (Wildman–Crippen MR) is 100.0 cm³/mol. The minimum Gasteiger partial charge on any atom is -0.352 e. The van der Waals surface area contributed by atoms with Crippen LogP contribution in [-0.4, -0.2) is 64.2 Å². The molecule has 142 valence electrons. The highest BCUT2D eigenvalue weighted by atomic mass is 32.2. The van der Waals surface area contributed by atoms with Crippen LogP contribution < -0.4 is 4.90 Å². The third-order valence-electron chi connectivity index (χ3n) is 4.72. The van der Waals surface area contributed by atoms with E-state index in [1.165, 1.54) is 8.94 Å². The Kier molecular flexibility index (Phi) is 4.75. The summed E-state index contributed by atoms with van der Waals surface area (Å²) in [7, 11) is -3.48. The van der Waals surface area contributed by atoms with E-state index in [1.54, 1.807) is 18.2 Å². The van der Waals surface area contributed by atoms with Crippen molar-refractivity contribution in [3.05, 3.63) is 42.0 Å². The van der Waals surface area contributed by atoms with Crippen LogP contribution in [0.3, 0.4) is 0 Å². The lowest BCUT2D eigenvalue weighted by Crippen LogP contribution is -2.49. The van der Waals surface area contributed by atoms with Crippen LogP contribution in [0.1, 0.15) is 18.9 Å². The summed E-state index contributed by atoms with van der Waals surface area (Å²) < 4.78 is 28.7. The molecule has 0 radical (unpaired) electrons. The van der Waals surface area contributed by atoms with E-state index >= 15 is 0 Å².